The lowest BCUT2D eigenvalue weighted by Crippen LogP contribution is -2.36. The molecule has 4 rings (SSSR count). The van der Waals surface area contributed by atoms with Gasteiger partial charge in [-0.2, -0.15) is 15.4 Å². The number of amides is 1. The normalized spacial score (nSPS) is 15.6. The molecule has 0 saturated heterocycles. The number of nitriles is 1. The Balaban J connectivity index is 1.67. The number of hydrogen-bond donors (Lipinski definition) is 0. The van der Waals surface area contributed by atoms with Gasteiger partial charge in [0, 0.05) is 12.0 Å². The number of aromatic nitrogens is 1. The van der Waals surface area contributed by atoms with Gasteiger partial charge in [0.05, 0.1) is 34.0 Å². The second-order valence-corrected chi connectivity index (χ2v) is 7.28. The Kier molecular flexibility index (Phi) is 4.82. The highest BCUT2D eigenvalue weighted by molar-refractivity contribution is 6.50. The van der Waals surface area contributed by atoms with E-state index in [-0.39, 0.29) is 27.2 Å². The molecule has 0 atom stereocenters. The SMILES string of the molecule is CC1=CCc2ncc(Oc3c(Cl)cc(N4N=C(C#N)C(=O)CC4=O)cc3Cl)cc21. The van der Waals surface area contributed by atoms with E-state index in [1.54, 1.807) is 12.3 Å². The van der Waals surface area contributed by atoms with Crippen molar-refractivity contribution in [3.63, 3.8) is 0 Å². The molecule has 2 aliphatic rings. The van der Waals surface area contributed by atoms with Gasteiger partial charge in [-0.1, -0.05) is 29.3 Å². The van der Waals surface area contributed by atoms with Gasteiger partial charge in [0.15, 0.2) is 5.75 Å². The molecule has 7 nitrogen and oxygen atoms in total. The van der Waals surface area contributed by atoms with Crippen LogP contribution in [0.15, 0.2) is 35.6 Å². The van der Waals surface area contributed by atoms with Gasteiger partial charge in [-0.15, -0.1) is 0 Å². The van der Waals surface area contributed by atoms with E-state index in [0.717, 1.165) is 28.3 Å². The number of carbonyl (C=O) groups is 2. The minimum Gasteiger partial charge on any atom is -0.453 e. The maximum atomic E-state index is 12.2. The largest absolute Gasteiger partial charge is 0.453 e. The van der Waals surface area contributed by atoms with Crippen LogP contribution < -0.4 is 9.75 Å². The second-order valence-electron chi connectivity index (χ2n) is 6.46. The lowest BCUT2D eigenvalue weighted by atomic mass is 10.1. The number of nitrogens with zero attached hydrogens (tertiary/aromatic N) is 4. The molecule has 0 radical (unpaired) electrons. The van der Waals surface area contributed by atoms with Crippen molar-refractivity contribution in [3.8, 4) is 17.6 Å². The summed E-state index contributed by atoms with van der Waals surface area (Å²) in [6, 6.07) is 6.40. The number of allylic oxidation sites excluding steroid dienone is 2. The van der Waals surface area contributed by atoms with Crippen LogP contribution in [0.4, 0.5) is 5.69 Å². The maximum Gasteiger partial charge on any atom is 0.255 e. The molecular weight excluding hydrogens is 415 g/mol. The smallest absolute Gasteiger partial charge is 0.255 e. The molecular formula is C20H12Cl2N4O3. The van der Waals surface area contributed by atoms with Crippen LogP contribution in [-0.4, -0.2) is 22.4 Å². The van der Waals surface area contributed by atoms with Gasteiger partial charge in [0.2, 0.25) is 11.5 Å². The van der Waals surface area contributed by atoms with E-state index < -0.39 is 18.1 Å². The standard InChI is InChI=1S/C20H12Cl2N4O3/c1-10-2-3-16-13(10)6-12(9-24-16)29-20-14(21)4-11(5-15(20)22)26-19(28)7-18(27)17(8-23)25-26/h2,4-6,9H,3,7H2,1H3. The number of Topliss-reactive ketones (excluding diaryl/α,β-unsaturated/α-hetero) is 1. The van der Waals surface area contributed by atoms with E-state index in [1.165, 1.54) is 12.1 Å². The van der Waals surface area contributed by atoms with E-state index >= 15 is 0 Å². The molecule has 0 unspecified atom stereocenters. The molecule has 0 spiro atoms. The number of rotatable bonds is 3. The van der Waals surface area contributed by atoms with Crippen LogP contribution in [0.25, 0.3) is 5.57 Å². The highest BCUT2D eigenvalue weighted by Crippen LogP contribution is 2.41. The molecule has 1 aliphatic heterocycles. The molecule has 29 heavy (non-hydrogen) atoms. The van der Waals surface area contributed by atoms with Gasteiger partial charge < -0.3 is 4.74 Å². The Labute approximate surface area is 175 Å². The average Bonchev–Trinajstić information content (AvgIpc) is 3.05. The minimum absolute atomic E-state index is 0.138. The summed E-state index contributed by atoms with van der Waals surface area (Å²) in [4.78, 5) is 28.2. The Morgan fingerprint density at radius 1 is 1.21 bits per heavy atom. The number of anilines is 1. The predicted octanol–water partition coefficient (Wildman–Crippen LogP) is 4.33. The topological polar surface area (TPSA) is 95.7 Å². The third kappa shape index (κ3) is 3.48. The molecule has 0 saturated carbocycles. The van der Waals surface area contributed by atoms with Crippen LogP contribution in [0.5, 0.6) is 11.5 Å². The Bertz CT molecular complexity index is 1160. The number of halogens is 2. The van der Waals surface area contributed by atoms with E-state index in [9.17, 15) is 9.59 Å². The van der Waals surface area contributed by atoms with Crippen molar-refractivity contribution in [2.24, 2.45) is 5.10 Å². The van der Waals surface area contributed by atoms with Gasteiger partial charge >= 0.3 is 0 Å². The summed E-state index contributed by atoms with van der Waals surface area (Å²) in [5, 5.41) is 14.0. The van der Waals surface area contributed by atoms with E-state index in [0.29, 0.717) is 5.75 Å². The number of ether oxygens (including phenoxy) is 1. The molecule has 1 amide bonds. The molecule has 9 heteroatoms. The first-order valence-corrected chi connectivity index (χ1v) is 9.30. The van der Waals surface area contributed by atoms with E-state index in [4.69, 9.17) is 33.2 Å². The van der Waals surface area contributed by atoms with E-state index in [2.05, 4.69) is 16.2 Å². The lowest BCUT2D eigenvalue weighted by molar-refractivity contribution is -0.124. The van der Waals surface area contributed by atoms with Crippen molar-refractivity contribution in [1.29, 1.82) is 5.26 Å². The van der Waals surface area contributed by atoms with Crippen molar-refractivity contribution in [2.75, 3.05) is 5.01 Å². The van der Waals surface area contributed by atoms with Gasteiger partial charge in [-0.25, -0.2) is 0 Å². The van der Waals surface area contributed by atoms with Gasteiger partial charge in [-0.3, -0.25) is 14.6 Å². The molecule has 1 aromatic carbocycles. The minimum atomic E-state index is -0.626. The summed E-state index contributed by atoms with van der Waals surface area (Å²) in [6.07, 6.45) is 4.02. The van der Waals surface area contributed by atoms with Crippen LogP contribution in [0.3, 0.4) is 0 Å². The summed E-state index contributed by atoms with van der Waals surface area (Å²) in [7, 11) is 0. The number of hydrazone groups is 1. The highest BCUT2D eigenvalue weighted by Gasteiger charge is 2.29. The highest BCUT2D eigenvalue weighted by atomic mass is 35.5. The average molecular weight is 427 g/mol. The number of fused-ring (bicyclic) bond motifs is 1. The molecule has 1 aliphatic carbocycles. The first-order valence-electron chi connectivity index (χ1n) is 8.55. The van der Waals surface area contributed by atoms with Gasteiger partial charge in [0.25, 0.3) is 5.91 Å². The Hall–Kier alpha value is -3.21. The summed E-state index contributed by atoms with van der Waals surface area (Å²) in [5.74, 6) is -0.540. The number of ketones is 1. The fourth-order valence-corrected chi connectivity index (χ4v) is 3.62. The van der Waals surface area contributed by atoms with Crippen LogP contribution in [0.1, 0.15) is 24.6 Å². The quantitative estimate of drug-likeness (QED) is 0.680. The second kappa shape index (κ2) is 7.32. The number of hydrogen-bond acceptors (Lipinski definition) is 6. The van der Waals surface area contributed by atoms with Crippen molar-refractivity contribution >= 4 is 51.9 Å². The summed E-state index contributed by atoms with van der Waals surface area (Å²) >= 11 is 12.7. The summed E-state index contributed by atoms with van der Waals surface area (Å²) < 4.78 is 5.84. The first-order chi connectivity index (χ1) is 13.9. The third-order valence-electron chi connectivity index (χ3n) is 4.54. The van der Waals surface area contributed by atoms with Crippen molar-refractivity contribution in [1.82, 2.24) is 4.98 Å². The molecule has 1 aromatic heterocycles. The first kappa shape index (κ1) is 19.1. The monoisotopic (exact) mass is 426 g/mol. The van der Waals surface area contributed by atoms with Crippen molar-refractivity contribution < 1.29 is 14.3 Å². The van der Waals surface area contributed by atoms with Crippen LogP contribution in [0, 0.1) is 11.3 Å². The maximum absolute atomic E-state index is 12.2. The van der Waals surface area contributed by atoms with Crippen molar-refractivity contribution in [2.45, 2.75) is 19.8 Å². The molecule has 0 bridgehead atoms. The molecule has 144 valence electrons. The zero-order chi connectivity index (χ0) is 20.7. The number of carbonyl (C=O) groups excluding carboxylic acids is 2. The zero-order valence-corrected chi connectivity index (χ0v) is 16.6. The van der Waals surface area contributed by atoms with Gasteiger partial charge in [-0.05, 0) is 30.7 Å². The summed E-state index contributed by atoms with van der Waals surface area (Å²) in [5.41, 5.74) is 2.98. The fourth-order valence-electron chi connectivity index (χ4n) is 3.07. The third-order valence-corrected chi connectivity index (χ3v) is 5.10. The van der Waals surface area contributed by atoms with Crippen LogP contribution >= 0.6 is 23.2 Å². The molecule has 2 heterocycles. The van der Waals surface area contributed by atoms with Crippen molar-refractivity contribution in [3.05, 3.63) is 51.8 Å². The number of pyridine rings is 1. The van der Waals surface area contributed by atoms with E-state index in [1.807, 2.05) is 13.0 Å². The van der Waals surface area contributed by atoms with Gasteiger partial charge in [0.1, 0.15) is 11.8 Å². The Morgan fingerprint density at radius 3 is 2.62 bits per heavy atom. The predicted molar refractivity (Wildman–Crippen MR) is 108 cm³/mol. The van der Waals surface area contributed by atoms with Crippen LogP contribution in [0.2, 0.25) is 10.0 Å². The molecule has 0 fully saturated rings. The Morgan fingerprint density at radius 2 is 1.93 bits per heavy atom. The summed E-state index contributed by atoms with van der Waals surface area (Å²) in [6.45, 7) is 2.00. The van der Waals surface area contributed by atoms with Crippen LogP contribution in [-0.2, 0) is 16.0 Å². The fraction of sp³-hybridized carbons (Fsp3) is 0.150. The molecule has 2 aromatic rings. The molecule has 0 N–H and O–H groups in total. The lowest BCUT2D eigenvalue weighted by Gasteiger charge is -2.22. The zero-order valence-electron chi connectivity index (χ0n) is 15.1. The number of benzene rings is 1.